The molecule has 0 spiro atoms. The maximum Gasteiger partial charge on any atom is 0.253 e. The van der Waals surface area contributed by atoms with E-state index in [0.29, 0.717) is 12.1 Å². The Bertz CT molecular complexity index is 435. The van der Waals surface area contributed by atoms with Gasteiger partial charge in [0.15, 0.2) is 0 Å². The summed E-state index contributed by atoms with van der Waals surface area (Å²) in [4.78, 5) is 14.1. The van der Waals surface area contributed by atoms with E-state index >= 15 is 0 Å². The fourth-order valence-electron chi connectivity index (χ4n) is 1.96. The van der Waals surface area contributed by atoms with Crippen LogP contribution in [-0.4, -0.2) is 44.0 Å². The van der Waals surface area contributed by atoms with E-state index in [2.05, 4.69) is 10.6 Å². The van der Waals surface area contributed by atoms with Crippen LogP contribution in [0.15, 0.2) is 18.2 Å². The third-order valence-corrected chi connectivity index (χ3v) is 2.63. The number of carbonyl (C=O) groups excluding carboxylic acids is 1. The third kappa shape index (κ3) is 4.52. The average molecular weight is 267 g/mol. The minimum atomic E-state index is -0.408. The summed E-state index contributed by atoms with van der Waals surface area (Å²) in [5.41, 5.74) is 0.604. The molecule has 0 heterocycles. The zero-order valence-corrected chi connectivity index (χ0v) is 12.0. The highest BCUT2D eigenvalue weighted by Crippen LogP contribution is 2.19. The van der Waals surface area contributed by atoms with E-state index < -0.39 is 5.82 Å². The topological polar surface area (TPSA) is 44.4 Å². The van der Waals surface area contributed by atoms with Crippen molar-refractivity contribution < 1.29 is 9.18 Å². The lowest BCUT2D eigenvalue weighted by Gasteiger charge is -2.19. The lowest BCUT2D eigenvalue weighted by atomic mass is 10.1. The molecule has 5 heteroatoms. The van der Waals surface area contributed by atoms with Gasteiger partial charge in [-0.25, -0.2) is 4.39 Å². The minimum Gasteiger partial charge on any atom is -0.382 e. The van der Waals surface area contributed by atoms with Crippen molar-refractivity contribution in [3.05, 3.63) is 29.6 Å². The number of amides is 1. The molecule has 0 aliphatic rings. The van der Waals surface area contributed by atoms with Crippen molar-refractivity contribution in [2.24, 2.45) is 0 Å². The minimum absolute atomic E-state index is 0.000226. The number of likely N-dealkylation sites (N-methyl/N-ethyl adjacent to an activating group) is 1. The molecule has 1 rings (SSSR count). The molecular weight excluding hydrogens is 245 g/mol. The first-order valence-electron chi connectivity index (χ1n) is 6.43. The quantitative estimate of drug-likeness (QED) is 0.828. The Labute approximate surface area is 114 Å². The molecule has 0 saturated carbocycles. The summed E-state index contributed by atoms with van der Waals surface area (Å²) in [7, 11) is 3.88. The summed E-state index contributed by atoms with van der Waals surface area (Å²) >= 11 is 0. The molecule has 1 aromatic carbocycles. The van der Waals surface area contributed by atoms with E-state index in [1.165, 1.54) is 6.07 Å². The Hall–Kier alpha value is -1.62. The number of halogens is 1. The molecule has 106 valence electrons. The predicted octanol–water partition coefficient (Wildman–Crippen LogP) is 1.94. The standard InChI is InChI=1S/C14H22FN3O/c1-5-16-13-11(7-6-8-12(13)15)14(19)17-10(2)9-18(3)4/h6-8,10,16H,5,9H2,1-4H3,(H,17,19). The molecule has 1 atom stereocenters. The van der Waals surface area contributed by atoms with Gasteiger partial charge in [-0.2, -0.15) is 0 Å². The second kappa shape index (κ2) is 7.09. The Morgan fingerprint density at radius 2 is 2.11 bits per heavy atom. The molecule has 1 amide bonds. The van der Waals surface area contributed by atoms with Crippen LogP contribution in [0.4, 0.5) is 10.1 Å². The molecule has 0 saturated heterocycles. The number of rotatable bonds is 6. The Kier molecular flexibility index (Phi) is 5.76. The van der Waals surface area contributed by atoms with Crippen molar-refractivity contribution in [2.45, 2.75) is 19.9 Å². The lowest BCUT2D eigenvalue weighted by Crippen LogP contribution is -2.39. The van der Waals surface area contributed by atoms with Crippen molar-refractivity contribution in [3.8, 4) is 0 Å². The molecular formula is C14H22FN3O. The second-order valence-corrected chi connectivity index (χ2v) is 4.83. The molecule has 0 fully saturated rings. The van der Waals surface area contributed by atoms with Crippen LogP contribution in [0.3, 0.4) is 0 Å². The molecule has 1 unspecified atom stereocenters. The monoisotopic (exact) mass is 267 g/mol. The number of anilines is 1. The van der Waals surface area contributed by atoms with Crippen LogP contribution in [0.25, 0.3) is 0 Å². The summed E-state index contributed by atoms with van der Waals surface area (Å²) in [6.45, 7) is 5.08. The van der Waals surface area contributed by atoms with Gasteiger partial charge in [-0.1, -0.05) is 6.07 Å². The maximum atomic E-state index is 13.7. The van der Waals surface area contributed by atoms with Gasteiger partial charge in [0.1, 0.15) is 5.82 Å². The van der Waals surface area contributed by atoms with E-state index in [0.717, 1.165) is 6.54 Å². The fourth-order valence-corrected chi connectivity index (χ4v) is 1.96. The number of hydrogen-bond donors (Lipinski definition) is 2. The summed E-state index contributed by atoms with van der Waals surface area (Å²) in [5, 5.41) is 5.76. The molecule has 0 radical (unpaired) electrons. The summed E-state index contributed by atoms with van der Waals surface area (Å²) in [6, 6.07) is 4.51. The zero-order valence-electron chi connectivity index (χ0n) is 12.0. The number of hydrogen-bond acceptors (Lipinski definition) is 3. The Morgan fingerprint density at radius 1 is 1.42 bits per heavy atom. The lowest BCUT2D eigenvalue weighted by molar-refractivity contribution is 0.0935. The van der Waals surface area contributed by atoms with Crippen LogP contribution in [0.5, 0.6) is 0 Å². The summed E-state index contributed by atoms with van der Waals surface area (Å²) in [5.74, 6) is -0.667. The summed E-state index contributed by atoms with van der Waals surface area (Å²) in [6.07, 6.45) is 0. The van der Waals surface area contributed by atoms with Gasteiger partial charge in [0.05, 0.1) is 11.3 Å². The van der Waals surface area contributed by atoms with Gasteiger partial charge in [0.25, 0.3) is 5.91 Å². The molecule has 1 aromatic rings. The van der Waals surface area contributed by atoms with Crippen LogP contribution in [0.1, 0.15) is 24.2 Å². The molecule has 2 N–H and O–H groups in total. The first kappa shape index (κ1) is 15.4. The summed E-state index contributed by atoms with van der Waals surface area (Å²) < 4.78 is 13.7. The van der Waals surface area contributed by atoms with Crippen LogP contribution in [0, 0.1) is 5.82 Å². The fraction of sp³-hybridized carbons (Fsp3) is 0.500. The number of benzene rings is 1. The van der Waals surface area contributed by atoms with Gasteiger partial charge < -0.3 is 15.5 Å². The number of nitrogens with zero attached hydrogens (tertiary/aromatic N) is 1. The van der Waals surface area contributed by atoms with Gasteiger partial charge in [-0.05, 0) is 40.1 Å². The van der Waals surface area contributed by atoms with E-state index in [-0.39, 0.29) is 17.6 Å². The average Bonchev–Trinajstić information content (AvgIpc) is 2.30. The molecule has 19 heavy (non-hydrogen) atoms. The molecule has 0 aliphatic carbocycles. The van der Waals surface area contributed by atoms with E-state index in [9.17, 15) is 9.18 Å². The van der Waals surface area contributed by atoms with Crippen molar-refractivity contribution >= 4 is 11.6 Å². The van der Waals surface area contributed by atoms with Gasteiger partial charge in [0, 0.05) is 19.1 Å². The number of nitrogens with one attached hydrogen (secondary N) is 2. The number of carbonyl (C=O) groups is 1. The van der Waals surface area contributed by atoms with E-state index in [1.54, 1.807) is 12.1 Å². The Morgan fingerprint density at radius 3 is 2.68 bits per heavy atom. The van der Waals surface area contributed by atoms with Crippen LogP contribution in [0.2, 0.25) is 0 Å². The second-order valence-electron chi connectivity index (χ2n) is 4.83. The van der Waals surface area contributed by atoms with Crippen molar-refractivity contribution in [3.63, 3.8) is 0 Å². The van der Waals surface area contributed by atoms with Crippen molar-refractivity contribution in [2.75, 3.05) is 32.5 Å². The molecule has 0 aliphatic heterocycles. The highest BCUT2D eigenvalue weighted by atomic mass is 19.1. The maximum absolute atomic E-state index is 13.7. The third-order valence-electron chi connectivity index (χ3n) is 2.63. The van der Waals surface area contributed by atoms with E-state index in [4.69, 9.17) is 0 Å². The highest BCUT2D eigenvalue weighted by Gasteiger charge is 2.16. The molecule has 4 nitrogen and oxygen atoms in total. The zero-order chi connectivity index (χ0) is 14.4. The molecule has 0 aromatic heterocycles. The van der Waals surface area contributed by atoms with E-state index in [1.807, 2.05) is 32.8 Å². The smallest absolute Gasteiger partial charge is 0.253 e. The molecule has 0 bridgehead atoms. The largest absolute Gasteiger partial charge is 0.382 e. The normalized spacial score (nSPS) is 12.3. The van der Waals surface area contributed by atoms with Crippen LogP contribution < -0.4 is 10.6 Å². The van der Waals surface area contributed by atoms with Gasteiger partial charge in [0.2, 0.25) is 0 Å². The van der Waals surface area contributed by atoms with Crippen molar-refractivity contribution in [1.29, 1.82) is 0 Å². The van der Waals surface area contributed by atoms with Gasteiger partial charge >= 0.3 is 0 Å². The highest BCUT2D eigenvalue weighted by molar-refractivity contribution is 5.99. The number of para-hydroxylation sites is 1. The predicted molar refractivity (Wildman–Crippen MR) is 76.0 cm³/mol. The first-order valence-corrected chi connectivity index (χ1v) is 6.43. The van der Waals surface area contributed by atoms with Gasteiger partial charge in [-0.3, -0.25) is 4.79 Å². The van der Waals surface area contributed by atoms with Gasteiger partial charge in [-0.15, -0.1) is 0 Å². The first-order chi connectivity index (χ1) is 8.95. The SMILES string of the molecule is CCNc1c(F)cccc1C(=O)NC(C)CN(C)C. The van der Waals surface area contributed by atoms with Crippen LogP contribution >= 0.6 is 0 Å². The van der Waals surface area contributed by atoms with Crippen molar-refractivity contribution in [1.82, 2.24) is 10.2 Å². The van der Waals surface area contributed by atoms with Crippen LogP contribution in [-0.2, 0) is 0 Å². The Balaban J connectivity index is 2.84.